The summed E-state index contributed by atoms with van der Waals surface area (Å²) in [6.45, 7) is 4.85. The Kier molecular flexibility index (Phi) is 39.9. The summed E-state index contributed by atoms with van der Waals surface area (Å²) in [5, 5.41) is 0. The van der Waals surface area contributed by atoms with Crippen molar-refractivity contribution < 1.29 is 16.8 Å². The van der Waals surface area contributed by atoms with Crippen LogP contribution in [0.1, 0.15) is 232 Å². The van der Waals surface area contributed by atoms with E-state index >= 15 is 0 Å². The third kappa shape index (κ3) is 38.2. The number of unbranched alkanes of at least 4 members (excludes halogenated alkanes) is 30. The van der Waals surface area contributed by atoms with Crippen LogP contribution in [0.25, 0.3) is 0 Å². The van der Waals surface area contributed by atoms with Gasteiger partial charge < -0.3 is 6.15 Å². The van der Waals surface area contributed by atoms with Gasteiger partial charge >= 0.3 is 10.4 Å². The third-order valence-electron chi connectivity index (χ3n) is 9.58. The maximum atomic E-state index is 11.7. The number of hydrogen-bond acceptors (Lipinski definition) is 5. The second-order valence-corrected chi connectivity index (χ2v) is 15.3. The summed E-state index contributed by atoms with van der Waals surface area (Å²) in [4.78, 5) is 0. The van der Waals surface area contributed by atoms with E-state index in [0.29, 0.717) is 5.92 Å². The molecular formula is C39H83NO4S. The van der Waals surface area contributed by atoms with E-state index in [4.69, 9.17) is 4.18 Å². The fourth-order valence-electron chi connectivity index (χ4n) is 6.50. The summed E-state index contributed by atoms with van der Waals surface area (Å²) >= 11 is 0. The van der Waals surface area contributed by atoms with Gasteiger partial charge in [0.25, 0.3) is 0 Å². The molecule has 274 valence electrons. The van der Waals surface area contributed by atoms with Crippen LogP contribution in [-0.2, 0) is 18.8 Å². The molecule has 0 aromatic rings. The molecule has 0 atom stereocenters. The molecular weight excluding hydrogens is 578 g/mol. The Morgan fingerprint density at radius 1 is 0.400 bits per heavy atom. The minimum atomic E-state index is -3.84. The van der Waals surface area contributed by atoms with Gasteiger partial charge in [0.2, 0.25) is 0 Å². The molecule has 0 aliphatic carbocycles. The Hall–Kier alpha value is -0.170. The van der Waals surface area contributed by atoms with E-state index in [0.717, 1.165) is 12.8 Å². The molecule has 5 nitrogen and oxygen atoms in total. The molecule has 0 aliphatic rings. The van der Waals surface area contributed by atoms with Crippen molar-refractivity contribution >= 4 is 10.4 Å². The minimum Gasteiger partial charge on any atom is -0.344 e. The molecule has 0 rings (SSSR count). The zero-order chi connectivity index (χ0) is 32.2. The molecule has 0 amide bonds. The average Bonchev–Trinajstić information content (AvgIpc) is 3.02. The SMILES string of the molecule is CCCCCCCCCCCCCCCCCCC(CCCCCCCCCCCCCCCCCC)COS(=O)(=O)OC.N. The average molecular weight is 662 g/mol. The van der Waals surface area contributed by atoms with E-state index in [1.807, 2.05) is 0 Å². The lowest BCUT2D eigenvalue weighted by Crippen LogP contribution is -2.16. The highest BCUT2D eigenvalue weighted by Crippen LogP contribution is 2.21. The Labute approximate surface area is 284 Å². The van der Waals surface area contributed by atoms with Crippen molar-refractivity contribution in [1.82, 2.24) is 6.15 Å². The van der Waals surface area contributed by atoms with Crippen LogP contribution in [0, 0.1) is 5.92 Å². The maximum absolute atomic E-state index is 11.7. The predicted octanol–water partition coefficient (Wildman–Crippen LogP) is 14.0. The van der Waals surface area contributed by atoms with Crippen LogP contribution in [0.15, 0.2) is 0 Å². The van der Waals surface area contributed by atoms with Crippen molar-refractivity contribution in [2.45, 2.75) is 232 Å². The zero-order valence-electron chi connectivity index (χ0n) is 31.1. The molecule has 0 fully saturated rings. The number of rotatable bonds is 38. The van der Waals surface area contributed by atoms with Gasteiger partial charge in [-0.3, -0.25) is 4.18 Å². The summed E-state index contributed by atoms with van der Waals surface area (Å²) in [5.41, 5.74) is 0. The molecule has 45 heavy (non-hydrogen) atoms. The molecule has 0 saturated heterocycles. The van der Waals surface area contributed by atoms with E-state index in [1.54, 1.807) is 0 Å². The molecule has 0 aromatic heterocycles. The Morgan fingerprint density at radius 3 is 0.844 bits per heavy atom. The normalized spacial score (nSPS) is 11.8. The summed E-state index contributed by atoms with van der Waals surface area (Å²) in [6, 6.07) is 0. The molecule has 0 radical (unpaired) electrons. The Balaban J connectivity index is 0. The van der Waals surface area contributed by atoms with Gasteiger partial charge in [0.1, 0.15) is 0 Å². The first-order valence-electron chi connectivity index (χ1n) is 20.0. The molecule has 0 spiro atoms. The minimum absolute atomic E-state index is 0. The van der Waals surface area contributed by atoms with E-state index < -0.39 is 10.4 Å². The summed E-state index contributed by atoms with van der Waals surface area (Å²) in [7, 11) is -2.66. The zero-order valence-corrected chi connectivity index (χ0v) is 31.9. The second-order valence-electron chi connectivity index (χ2n) is 13.9. The van der Waals surface area contributed by atoms with Gasteiger partial charge in [-0.2, -0.15) is 8.42 Å². The topological polar surface area (TPSA) is 87.6 Å². The Bertz CT molecular complexity index is 607. The van der Waals surface area contributed by atoms with Crippen LogP contribution < -0.4 is 6.15 Å². The molecule has 6 heteroatoms. The van der Waals surface area contributed by atoms with E-state index in [2.05, 4.69) is 18.0 Å². The van der Waals surface area contributed by atoms with Crippen LogP contribution in [0.4, 0.5) is 0 Å². The van der Waals surface area contributed by atoms with Crippen LogP contribution in [-0.4, -0.2) is 22.1 Å². The van der Waals surface area contributed by atoms with Crippen LogP contribution in [0.5, 0.6) is 0 Å². The molecule has 0 unspecified atom stereocenters. The summed E-state index contributed by atoms with van der Waals surface area (Å²) < 4.78 is 33.1. The lowest BCUT2D eigenvalue weighted by atomic mass is 9.94. The highest BCUT2D eigenvalue weighted by Gasteiger charge is 2.15. The predicted molar refractivity (Wildman–Crippen MR) is 199 cm³/mol. The van der Waals surface area contributed by atoms with Crippen LogP contribution in [0.2, 0.25) is 0 Å². The van der Waals surface area contributed by atoms with E-state index in [1.165, 1.54) is 213 Å². The maximum Gasteiger partial charge on any atom is 0.399 e. The highest BCUT2D eigenvalue weighted by molar-refractivity contribution is 7.81. The molecule has 0 bridgehead atoms. The molecule has 3 N–H and O–H groups in total. The summed E-state index contributed by atoms with van der Waals surface area (Å²) in [6.07, 6.45) is 46.2. The van der Waals surface area contributed by atoms with E-state index in [-0.39, 0.29) is 12.8 Å². The molecule has 0 saturated carbocycles. The molecule has 0 heterocycles. The van der Waals surface area contributed by atoms with Gasteiger partial charge in [-0.15, -0.1) is 0 Å². The van der Waals surface area contributed by atoms with Crippen LogP contribution in [0.3, 0.4) is 0 Å². The highest BCUT2D eigenvalue weighted by atomic mass is 32.3. The first kappa shape index (κ1) is 46.9. The first-order chi connectivity index (χ1) is 21.6. The molecule has 0 aromatic carbocycles. The summed E-state index contributed by atoms with van der Waals surface area (Å²) in [5.74, 6) is 0.318. The van der Waals surface area contributed by atoms with Gasteiger partial charge in [-0.1, -0.05) is 219 Å². The van der Waals surface area contributed by atoms with Crippen molar-refractivity contribution in [2.75, 3.05) is 13.7 Å². The van der Waals surface area contributed by atoms with Gasteiger partial charge in [0.05, 0.1) is 13.7 Å². The van der Waals surface area contributed by atoms with Gasteiger partial charge in [-0.25, -0.2) is 4.18 Å². The van der Waals surface area contributed by atoms with Crippen molar-refractivity contribution in [1.29, 1.82) is 0 Å². The van der Waals surface area contributed by atoms with Gasteiger partial charge in [0.15, 0.2) is 0 Å². The fraction of sp³-hybridized carbons (Fsp3) is 1.00. The largest absolute Gasteiger partial charge is 0.399 e. The third-order valence-corrected chi connectivity index (χ3v) is 10.4. The quantitative estimate of drug-likeness (QED) is 0.0665. The van der Waals surface area contributed by atoms with Crippen molar-refractivity contribution in [3.63, 3.8) is 0 Å². The smallest absolute Gasteiger partial charge is 0.344 e. The Morgan fingerprint density at radius 2 is 0.622 bits per heavy atom. The van der Waals surface area contributed by atoms with Crippen molar-refractivity contribution in [3.8, 4) is 0 Å². The standard InChI is InChI=1S/C39H80O4S.H3N/c1-4-6-8-10-12-14-16-18-20-22-24-26-28-30-32-34-36-39(38-43-44(40,41)42-3)37-35-33-31-29-27-25-23-21-19-17-15-13-11-9-7-5-2;/h39H,4-38H2,1-3H3;1H3. The van der Waals surface area contributed by atoms with Crippen molar-refractivity contribution in [3.05, 3.63) is 0 Å². The van der Waals surface area contributed by atoms with Gasteiger partial charge in [0, 0.05) is 0 Å². The monoisotopic (exact) mass is 662 g/mol. The van der Waals surface area contributed by atoms with Gasteiger partial charge in [-0.05, 0) is 18.8 Å². The lowest BCUT2D eigenvalue weighted by molar-refractivity contribution is 0.192. The molecule has 0 aliphatic heterocycles. The van der Waals surface area contributed by atoms with E-state index in [9.17, 15) is 8.42 Å². The second kappa shape index (κ2) is 38.3. The van der Waals surface area contributed by atoms with Crippen molar-refractivity contribution in [2.24, 2.45) is 5.92 Å². The lowest BCUT2D eigenvalue weighted by Gasteiger charge is -2.16. The van der Waals surface area contributed by atoms with Crippen LogP contribution >= 0.6 is 0 Å². The first-order valence-corrected chi connectivity index (χ1v) is 21.3. The number of hydrogen-bond donors (Lipinski definition) is 1. The fourth-order valence-corrected chi connectivity index (χ4v) is 6.96.